The molecular weight excluding hydrogens is 228 g/mol. The van der Waals surface area contributed by atoms with E-state index in [1.54, 1.807) is 18.5 Å². The first kappa shape index (κ1) is 12.8. The summed E-state index contributed by atoms with van der Waals surface area (Å²) in [7, 11) is 0. The standard InChI is InChI=1S/C14H18N2O2/c1-2-7-16(10-12-4-3-6-15-9-12)14(17)13-5-8-18-11-13/h2-4,6,9,13H,1,5,7-8,10-11H2. The van der Waals surface area contributed by atoms with Crippen molar-refractivity contribution < 1.29 is 9.53 Å². The van der Waals surface area contributed by atoms with E-state index in [1.807, 2.05) is 17.0 Å². The molecule has 1 atom stereocenters. The molecule has 2 rings (SSSR count). The topological polar surface area (TPSA) is 42.4 Å². The van der Waals surface area contributed by atoms with Crippen LogP contribution in [0.25, 0.3) is 0 Å². The number of hydrogen-bond acceptors (Lipinski definition) is 3. The first-order chi connectivity index (χ1) is 8.81. The summed E-state index contributed by atoms with van der Waals surface area (Å²) in [6.07, 6.45) is 6.09. The zero-order valence-electron chi connectivity index (χ0n) is 10.4. The number of nitrogens with zero attached hydrogens (tertiary/aromatic N) is 2. The molecule has 1 aromatic heterocycles. The van der Waals surface area contributed by atoms with Crippen LogP contribution in [0, 0.1) is 5.92 Å². The molecule has 0 aromatic carbocycles. The Morgan fingerprint density at radius 2 is 2.56 bits per heavy atom. The molecule has 2 heterocycles. The molecule has 0 saturated carbocycles. The molecule has 1 amide bonds. The lowest BCUT2D eigenvalue weighted by Gasteiger charge is -2.23. The normalized spacial score (nSPS) is 18.6. The summed E-state index contributed by atoms with van der Waals surface area (Å²) < 4.78 is 5.27. The summed E-state index contributed by atoms with van der Waals surface area (Å²) in [4.78, 5) is 18.2. The number of carbonyl (C=O) groups excluding carboxylic acids is 1. The highest BCUT2D eigenvalue weighted by Crippen LogP contribution is 2.17. The predicted octanol–water partition coefficient (Wildman–Crippen LogP) is 1.63. The summed E-state index contributed by atoms with van der Waals surface area (Å²) in [6.45, 7) is 6.08. The van der Waals surface area contributed by atoms with Gasteiger partial charge in [0.15, 0.2) is 0 Å². The van der Waals surface area contributed by atoms with Crippen molar-refractivity contribution in [3.63, 3.8) is 0 Å². The van der Waals surface area contributed by atoms with Gasteiger partial charge in [-0.3, -0.25) is 9.78 Å². The van der Waals surface area contributed by atoms with Crippen LogP contribution in [0.5, 0.6) is 0 Å². The monoisotopic (exact) mass is 246 g/mol. The zero-order valence-corrected chi connectivity index (χ0v) is 10.4. The summed E-state index contributed by atoms with van der Waals surface area (Å²) in [5.74, 6) is 0.151. The molecule has 1 fully saturated rings. The molecule has 0 N–H and O–H groups in total. The Morgan fingerprint density at radius 1 is 1.67 bits per heavy atom. The van der Waals surface area contributed by atoms with Gasteiger partial charge in [-0.2, -0.15) is 0 Å². The van der Waals surface area contributed by atoms with Crippen LogP contribution in [-0.2, 0) is 16.1 Å². The van der Waals surface area contributed by atoms with E-state index in [0.717, 1.165) is 12.0 Å². The lowest BCUT2D eigenvalue weighted by molar-refractivity contribution is -0.135. The summed E-state index contributed by atoms with van der Waals surface area (Å²) in [5.41, 5.74) is 1.03. The fourth-order valence-electron chi connectivity index (χ4n) is 2.09. The van der Waals surface area contributed by atoms with Crippen molar-refractivity contribution in [3.8, 4) is 0 Å². The number of ether oxygens (including phenoxy) is 1. The average Bonchev–Trinajstić information content (AvgIpc) is 2.92. The van der Waals surface area contributed by atoms with Gasteiger partial charge in [-0.15, -0.1) is 6.58 Å². The number of carbonyl (C=O) groups is 1. The van der Waals surface area contributed by atoms with Crippen LogP contribution in [0.3, 0.4) is 0 Å². The van der Waals surface area contributed by atoms with Crippen LogP contribution in [0.4, 0.5) is 0 Å². The Balaban J connectivity index is 2.03. The van der Waals surface area contributed by atoms with Crippen LogP contribution in [0.1, 0.15) is 12.0 Å². The summed E-state index contributed by atoms with van der Waals surface area (Å²) in [6, 6.07) is 3.85. The Labute approximate surface area is 107 Å². The zero-order chi connectivity index (χ0) is 12.8. The van der Waals surface area contributed by atoms with Gasteiger partial charge in [0, 0.05) is 32.1 Å². The van der Waals surface area contributed by atoms with Crippen LogP contribution in [0.15, 0.2) is 37.2 Å². The number of rotatable bonds is 5. The molecule has 0 radical (unpaired) electrons. The van der Waals surface area contributed by atoms with Gasteiger partial charge in [0.05, 0.1) is 12.5 Å². The lowest BCUT2D eigenvalue weighted by atomic mass is 10.1. The highest BCUT2D eigenvalue weighted by atomic mass is 16.5. The van der Waals surface area contributed by atoms with Crippen molar-refractivity contribution in [1.29, 1.82) is 0 Å². The van der Waals surface area contributed by atoms with Gasteiger partial charge < -0.3 is 9.64 Å². The molecule has 0 spiro atoms. The number of hydrogen-bond donors (Lipinski definition) is 0. The third-order valence-electron chi connectivity index (χ3n) is 3.04. The van der Waals surface area contributed by atoms with Gasteiger partial charge in [0.25, 0.3) is 0 Å². The number of aromatic nitrogens is 1. The lowest BCUT2D eigenvalue weighted by Crippen LogP contribution is -2.36. The molecular formula is C14H18N2O2. The largest absolute Gasteiger partial charge is 0.381 e. The molecule has 1 aliphatic rings. The minimum atomic E-state index is 0.00150. The van der Waals surface area contributed by atoms with Gasteiger partial charge in [-0.05, 0) is 18.1 Å². The van der Waals surface area contributed by atoms with Crippen LogP contribution < -0.4 is 0 Å². The second-order valence-corrected chi connectivity index (χ2v) is 4.43. The molecule has 0 bridgehead atoms. The van der Waals surface area contributed by atoms with Crippen molar-refractivity contribution in [2.75, 3.05) is 19.8 Å². The minimum absolute atomic E-state index is 0.00150. The van der Waals surface area contributed by atoms with E-state index in [4.69, 9.17) is 4.74 Å². The van der Waals surface area contributed by atoms with Gasteiger partial charge >= 0.3 is 0 Å². The summed E-state index contributed by atoms with van der Waals surface area (Å²) in [5, 5.41) is 0. The molecule has 96 valence electrons. The van der Waals surface area contributed by atoms with Crippen molar-refractivity contribution in [2.45, 2.75) is 13.0 Å². The Kier molecular flexibility index (Phi) is 4.47. The maximum absolute atomic E-state index is 12.3. The molecule has 18 heavy (non-hydrogen) atoms. The van der Waals surface area contributed by atoms with Gasteiger partial charge in [0.2, 0.25) is 5.91 Å². The Hall–Kier alpha value is -1.68. The van der Waals surface area contributed by atoms with E-state index >= 15 is 0 Å². The molecule has 1 saturated heterocycles. The first-order valence-corrected chi connectivity index (χ1v) is 6.17. The van der Waals surface area contributed by atoms with Crippen molar-refractivity contribution >= 4 is 5.91 Å². The van der Waals surface area contributed by atoms with Crippen molar-refractivity contribution in [2.24, 2.45) is 5.92 Å². The fraction of sp³-hybridized carbons (Fsp3) is 0.429. The molecule has 0 aliphatic carbocycles. The third kappa shape index (κ3) is 3.17. The molecule has 1 aliphatic heterocycles. The van der Waals surface area contributed by atoms with E-state index in [2.05, 4.69) is 11.6 Å². The predicted molar refractivity (Wildman–Crippen MR) is 68.8 cm³/mol. The molecule has 1 aromatic rings. The highest BCUT2D eigenvalue weighted by Gasteiger charge is 2.27. The van der Waals surface area contributed by atoms with Gasteiger partial charge in [0.1, 0.15) is 0 Å². The third-order valence-corrected chi connectivity index (χ3v) is 3.04. The quantitative estimate of drug-likeness (QED) is 0.742. The van der Waals surface area contributed by atoms with E-state index in [-0.39, 0.29) is 11.8 Å². The molecule has 4 nitrogen and oxygen atoms in total. The maximum Gasteiger partial charge on any atom is 0.228 e. The second kappa shape index (κ2) is 6.31. The van der Waals surface area contributed by atoms with E-state index < -0.39 is 0 Å². The average molecular weight is 246 g/mol. The van der Waals surface area contributed by atoms with Crippen LogP contribution in [0.2, 0.25) is 0 Å². The number of pyridine rings is 1. The summed E-state index contributed by atoms with van der Waals surface area (Å²) >= 11 is 0. The van der Waals surface area contributed by atoms with Crippen LogP contribution >= 0.6 is 0 Å². The molecule has 4 heteroatoms. The highest BCUT2D eigenvalue weighted by molar-refractivity contribution is 5.79. The Morgan fingerprint density at radius 3 is 3.17 bits per heavy atom. The number of amides is 1. The SMILES string of the molecule is C=CCN(Cc1cccnc1)C(=O)C1CCOC1. The second-order valence-electron chi connectivity index (χ2n) is 4.43. The van der Waals surface area contributed by atoms with E-state index in [9.17, 15) is 4.79 Å². The Bertz CT molecular complexity index is 400. The van der Waals surface area contributed by atoms with Crippen molar-refractivity contribution in [3.05, 3.63) is 42.7 Å². The minimum Gasteiger partial charge on any atom is -0.381 e. The van der Waals surface area contributed by atoms with E-state index in [1.165, 1.54) is 0 Å². The smallest absolute Gasteiger partial charge is 0.228 e. The maximum atomic E-state index is 12.3. The first-order valence-electron chi connectivity index (χ1n) is 6.17. The fourth-order valence-corrected chi connectivity index (χ4v) is 2.09. The van der Waals surface area contributed by atoms with Gasteiger partial charge in [-0.25, -0.2) is 0 Å². The molecule has 1 unspecified atom stereocenters. The van der Waals surface area contributed by atoms with Crippen molar-refractivity contribution in [1.82, 2.24) is 9.88 Å². The van der Waals surface area contributed by atoms with Crippen LogP contribution in [-0.4, -0.2) is 35.5 Å². The van der Waals surface area contributed by atoms with E-state index in [0.29, 0.717) is 26.3 Å². The van der Waals surface area contributed by atoms with Gasteiger partial charge in [-0.1, -0.05) is 12.1 Å².